The van der Waals surface area contributed by atoms with Crippen LogP contribution in [0.1, 0.15) is 29.7 Å². The number of benzene rings is 1. The lowest BCUT2D eigenvalue weighted by Crippen LogP contribution is -2.46. The molecule has 3 aromatic rings. The van der Waals surface area contributed by atoms with E-state index in [2.05, 4.69) is 37.1 Å². The van der Waals surface area contributed by atoms with Crippen LogP contribution < -0.4 is 10.2 Å². The number of aromatic nitrogens is 4. The SMILES string of the molecule is CCN1CCN(c2ccc(NC(=O)Cc3c(C)nc4nc(C(F)(F)F)nn4c3C)cc2)CC1. The number of carbonyl (C=O) groups excluding carboxylic acids is 1. The topological polar surface area (TPSA) is 78.7 Å². The van der Waals surface area contributed by atoms with Gasteiger partial charge in [0.2, 0.25) is 5.91 Å². The number of hydrogen-bond acceptors (Lipinski definition) is 6. The number of amides is 1. The highest BCUT2D eigenvalue weighted by atomic mass is 19.4. The van der Waals surface area contributed by atoms with Gasteiger partial charge in [-0.05, 0) is 44.7 Å². The van der Waals surface area contributed by atoms with Gasteiger partial charge in [-0.2, -0.15) is 18.2 Å². The molecule has 0 bridgehead atoms. The second kappa shape index (κ2) is 8.97. The van der Waals surface area contributed by atoms with Crippen molar-refractivity contribution in [2.75, 3.05) is 42.9 Å². The van der Waals surface area contributed by atoms with Gasteiger partial charge in [-0.25, -0.2) is 9.50 Å². The summed E-state index contributed by atoms with van der Waals surface area (Å²) < 4.78 is 39.9. The molecule has 0 radical (unpaired) electrons. The van der Waals surface area contributed by atoms with E-state index in [0.717, 1.165) is 42.9 Å². The third-order valence-corrected chi connectivity index (χ3v) is 5.98. The third kappa shape index (κ3) is 4.92. The van der Waals surface area contributed by atoms with Gasteiger partial charge in [0.15, 0.2) is 0 Å². The van der Waals surface area contributed by atoms with Crippen molar-refractivity contribution in [2.45, 2.75) is 33.4 Å². The van der Waals surface area contributed by atoms with E-state index in [1.165, 1.54) is 0 Å². The molecule has 176 valence electrons. The monoisotopic (exact) mass is 461 g/mol. The van der Waals surface area contributed by atoms with E-state index in [-0.39, 0.29) is 18.1 Å². The second-order valence-corrected chi connectivity index (χ2v) is 8.10. The summed E-state index contributed by atoms with van der Waals surface area (Å²) >= 11 is 0. The summed E-state index contributed by atoms with van der Waals surface area (Å²) in [5, 5.41) is 6.37. The Kier molecular flexibility index (Phi) is 6.24. The van der Waals surface area contributed by atoms with Crippen molar-refractivity contribution in [3.8, 4) is 0 Å². The molecule has 1 aromatic carbocycles. The fourth-order valence-corrected chi connectivity index (χ4v) is 4.03. The van der Waals surface area contributed by atoms with Gasteiger partial charge in [-0.3, -0.25) is 4.79 Å². The fraction of sp³-hybridized carbons (Fsp3) is 0.455. The van der Waals surface area contributed by atoms with Crippen LogP contribution in [0.25, 0.3) is 5.78 Å². The van der Waals surface area contributed by atoms with Crippen molar-refractivity contribution in [1.29, 1.82) is 0 Å². The first-order valence-electron chi connectivity index (χ1n) is 10.8. The van der Waals surface area contributed by atoms with Gasteiger partial charge < -0.3 is 15.1 Å². The lowest BCUT2D eigenvalue weighted by molar-refractivity contribution is -0.144. The first-order chi connectivity index (χ1) is 15.7. The Labute approximate surface area is 189 Å². The molecule has 4 rings (SSSR count). The Bertz CT molecular complexity index is 1150. The van der Waals surface area contributed by atoms with Crippen LogP contribution in [0.15, 0.2) is 24.3 Å². The first-order valence-corrected chi connectivity index (χ1v) is 10.8. The predicted molar refractivity (Wildman–Crippen MR) is 118 cm³/mol. The number of carbonyl (C=O) groups is 1. The Morgan fingerprint density at radius 3 is 2.33 bits per heavy atom. The Hall–Kier alpha value is -3.21. The van der Waals surface area contributed by atoms with E-state index in [9.17, 15) is 18.0 Å². The van der Waals surface area contributed by atoms with Crippen molar-refractivity contribution in [3.05, 3.63) is 47.0 Å². The molecule has 0 saturated carbocycles. The number of piperazine rings is 1. The number of anilines is 2. The summed E-state index contributed by atoms with van der Waals surface area (Å²) in [5.74, 6) is -1.69. The van der Waals surface area contributed by atoms with Crippen molar-refractivity contribution >= 4 is 23.1 Å². The molecule has 0 aliphatic carbocycles. The van der Waals surface area contributed by atoms with Crippen molar-refractivity contribution in [2.24, 2.45) is 0 Å². The quantitative estimate of drug-likeness (QED) is 0.629. The zero-order valence-electron chi connectivity index (χ0n) is 18.8. The van der Waals surface area contributed by atoms with Crippen LogP contribution in [0.4, 0.5) is 24.5 Å². The average molecular weight is 461 g/mol. The first kappa shape index (κ1) is 23.0. The molecule has 1 fully saturated rings. The average Bonchev–Trinajstić information content (AvgIpc) is 3.22. The largest absolute Gasteiger partial charge is 0.453 e. The normalized spacial score (nSPS) is 15.3. The van der Waals surface area contributed by atoms with Crippen LogP contribution in [0.3, 0.4) is 0 Å². The Balaban J connectivity index is 1.44. The van der Waals surface area contributed by atoms with Crippen molar-refractivity contribution < 1.29 is 18.0 Å². The molecule has 0 unspecified atom stereocenters. The molecule has 1 aliphatic heterocycles. The van der Waals surface area contributed by atoms with Gasteiger partial charge >= 0.3 is 6.18 Å². The molecule has 1 aliphatic rings. The van der Waals surface area contributed by atoms with Gasteiger partial charge in [-0.15, -0.1) is 5.10 Å². The lowest BCUT2D eigenvalue weighted by atomic mass is 10.1. The van der Waals surface area contributed by atoms with Crippen molar-refractivity contribution in [1.82, 2.24) is 24.5 Å². The van der Waals surface area contributed by atoms with Gasteiger partial charge in [0, 0.05) is 54.5 Å². The third-order valence-electron chi connectivity index (χ3n) is 5.98. The number of nitrogens with zero attached hydrogens (tertiary/aromatic N) is 6. The Morgan fingerprint density at radius 2 is 1.73 bits per heavy atom. The van der Waals surface area contributed by atoms with Crippen LogP contribution >= 0.6 is 0 Å². The summed E-state index contributed by atoms with van der Waals surface area (Å²) in [7, 11) is 0. The summed E-state index contributed by atoms with van der Waals surface area (Å²) in [5.41, 5.74) is 3.12. The molecule has 1 amide bonds. The smallest absolute Gasteiger partial charge is 0.369 e. The van der Waals surface area contributed by atoms with Crippen LogP contribution in [-0.2, 0) is 17.4 Å². The molecular weight excluding hydrogens is 435 g/mol. The van der Waals surface area contributed by atoms with E-state index < -0.39 is 12.0 Å². The minimum atomic E-state index is -4.67. The van der Waals surface area contributed by atoms with Crippen LogP contribution in [0.2, 0.25) is 0 Å². The maximum absolute atomic E-state index is 13.0. The van der Waals surface area contributed by atoms with Crippen LogP contribution in [0.5, 0.6) is 0 Å². The Morgan fingerprint density at radius 1 is 1.06 bits per heavy atom. The zero-order valence-corrected chi connectivity index (χ0v) is 18.8. The lowest BCUT2D eigenvalue weighted by Gasteiger charge is -2.35. The number of rotatable bonds is 5. The van der Waals surface area contributed by atoms with E-state index in [1.807, 2.05) is 24.3 Å². The van der Waals surface area contributed by atoms with Gasteiger partial charge in [0.05, 0.1) is 6.42 Å². The zero-order chi connectivity index (χ0) is 23.8. The standard InChI is InChI=1S/C22H26F3N7O/c1-4-30-9-11-31(12-10-30)17-7-5-16(6-8-17)27-19(33)13-18-14(2)26-21-28-20(22(23,24)25)29-32(21)15(18)3/h5-8H,4,9-13H2,1-3H3,(H,27,33). The van der Waals surface area contributed by atoms with Gasteiger partial charge in [-0.1, -0.05) is 6.92 Å². The van der Waals surface area contributed by atoms with Crippen LogP contribution in [0, 0.1) is 13.8 Å². The molecule has 11 heteroatoms. The maximum Gasteiger partial charge on any atom is 0.453 e. The highest BCUT2D eigenvalue weighted by Gasteiger charge is 2.37. The van der Waals surface area contributed by atoms with Gasteiger partial charge in [0.25, 0.3) is 11.6 Å². The van der Waals surface area contributed by atoms with E-state index in [1.54, 1.807) is 13.8 Å². The van der Waals surface area contributed by atoms with E-state index in [0.29, 0.717) is 22.6 Å². The van der Waals surface area contributed by atoms with E-state index in [4.69, 9.17) is 0 Å². The fourth-order valence-electron chi connectivity index (χ4n) is 4.03. The summed E-state index contributed by atoms with van der Waals surface area (Å²) in [6.45, 7) is 10.5. The maximum atomic E-state index is 13.0. The number of halogens is 3. The minimum absolute atomic E-state index is 0.0391. The second-order valence-electron chi connectivity index (χ2n) is 8.10. The number of hydrogen-bond donors (Lipinski definition) is 1. The molecule has 1 saturated heterocycles. The molecule has 1 N–H and O–H groups in total. The molecule has 33 heavy (non-hydrogen) atoms. The highest BCUT2D eigenvalue weighted by molar-refractivity contribution is 5.92. The number of alkyl halides is 3. The molecule has 0 spiro atoms. The molecule has 8 nitrogen and oxygen atoms in total. The van der Waals surface area contributed by atoms with Crippen LogP contribution in [-0.4, -0.2) is 63.1 Å². The minimum Gasteiger partial charge on any atom is -0.369 e. The molecule has 2 aromatic heterocycles. The van der Waals surface area contributed by atoms with Gasteiger partial charge in [0.1, 0.15) is 0 Å². The molecular formula is C22H26F3N7O. The number of likely N-dealkylation sites (N-methyl/N-ethyl adjacent to an activating group) is 1. The number of aryl methyl sites for hydroxylation is 2. The van der Waals surface area contributed by atoms with Crippen molar-refractivity contribution in [3.63, 3.8) is 0 Å². The number of fused-ring (bicyclic) bond motifs is 1. The summed E-state index contributed by atoms with van der Waals surface area (Å²) in [6.07, 6.45) is -4.70. The number of nitrogens with one attached hydrogen (secondary N) is 1. The predicted octanol–water partition coefficient (Wildman–Crippen LogP) is 3.08. The molecule has 0 atom stereocenters. The van der Waals surface area contributed by atoms with E-state index >= 15 is 0 Å². The summed E-state index contributed by atoms with van der Waals surface area (Å²) in [4.78, 5) is 25.0. The molecule has 3 heterocycles. The summed E-state index contributed by atoms with van der Waals surface area (Å²) in [6, 6.07) is 7.67. The highest BCUT2D eigenvalue weighted by Crippen LogP contribution is 2.27.